The van der Waals surface area contributed by atoms with Crippen molar-refractivity contribution >= 4 is 10.9 Å². The van der Waals surface area contributed by atoms with Crippen LogP contribution in [0.4, 0.5) is 0 Å². The number of aryl methyl sites for hydroxylation is 1. The van der Waals surface area contributed by atoms with E-state index in [0.29, 0.717) is 0 Å². The molecule has 0 amide bonds. The van der Waals surface area contributed by atoms with Gasteiger partial charge in [-0.15, -0.1) is 0 Å². The molecule has 0 aliphatic carbocycles. The van der Waals surface area contributed by atoms with Gasteiger partial charge >= 0.3 is 0 Å². The van der Waals surface area contributed by atoms with Gasteiger partial charge in [0.1, 0.15) is 11.5 Å². The van der Waals surface area contributed by atoms with E-state index >= 15 is 0 Å². The van der Waals surface area contributed by atoms with Gasteiger partial charge in [0.05, 0.1) is 14.2 Å². The summed E-state index contributed by atoms with van der Waals surface area (Å²) in [5, 5.41) is 1.21. The number of aromatic nitrogens is 1. The zero-order valence-corrected chi connectivity index (χ0v) is 15.7. The Morgan fingerprint density at radius 3 is 2.19 bits per heavy atom. The molecule has 0 radical (unpaired) electrons. The fraction of sp³-hybridized carbons (Fsp3) is 0.364. The number of nitrogens with zero attached hydrogens (tertiary/aromatic N) is 1. The quantitative estimate of drug-likeness (QED) is 0.560. The topological polar surface area (TPSA) is 49.4 Å². The molecule has 0 aliphatic rings. The zero-order chi connectivity index (χ0) is 18.4. The fourth-order valence-corrected chi connectivity index (χ4v) is 3.39. The van der Waals surface area contributed by atoms with Gasteiger partial charge < -0.3 is 19.8 Å². The standard InChI is InChI=1S/C22H28N2O2/c1-25-19-9-7-17(8-10-19)22-16-18-15-20(26-2)11-12-21(18)24(22)14-6-4-3-5-13-23/h7-12,15-16H,3-6,13-14,23H2,1-2H3. The monoisotopic (exact) mass is 352 g/mol. The second-order valence-electron chi connectivity index (χ2n) is 6.54. The first kappa shape index (κ1) is 18.3. The summed E-state index contributed by atoms with van der Waals surface area (Å²) in [5.41, 5.74) is 9.28. The molecule has 1 aromatic heterocycles. The van der Waals surface area contributed by atoms with E-state index < -0.39 is 0 Å². The summed E-state index contributed by atoms with van der Waals surface area (Å²) >= 11 is 0. The zero-order valence-electron chi connectivity index (χ0n) is 15.7. The molecule has 2 N–H and O–H groups in total. The molecular formula is C22H28N2O2. The summed E-state index contributed by atoms with van der Waals surface area (Å²) in [4.78, 5) is 0. The van der Waals surface area contributed by atoms with Crippen LogP contribution in [0, 0.1) is 0 Å². The second kappa shape index (κ2) is 8.77. The second-order valence-corrected chi connectivity index (χ2v) is 6.54. The van der Waals surface area contributed by atoms with E-state index in [9.17, 15) is 0 Å². The molecule has 0 saturated carbocycles. The number of hydrogen-bond donors (Lipinski definition) is 1. The molecule has 0 atom stereocenters. The van der Waals surface area contributed by atoms with Crippen molar-refractivity contribution < 1.29 is 9.47 Å². The number of unbranched alkanes of at least 4 members (excludes halogenated alkanes) is 3. The molecule has 4 heteroatoms. The highest BCUT2D eigenvalue weighted by atomic mass is 16.5. The Hall–Kier alpha value is -2.46. The Morgan fingerprint density at radius 2 is 1.50 bits per heavy atom. The molecule has 26 heavy (non-hydrogen) atoms. The summed E-state index contributed by atoms with van der Waals surface area (Å²) < 4.78 is 13.1. The lowest BCUT2D eigenvalue weighted by Crippen LogP contribution is -2.02. The Bertz CT molecular complexity index is 837. The van der Waals surface area contributed by atoms with Crippen molar-refractivity contribution in [2.24, 2.45) is 5.73 Å². The van der Waals surface area contributed by atoms with Crippen LogP contribution >= 0.6 is 0 Å². The van der Waals surface area contributed by atoms with Gasteiger partial charge in [0, 0.05) is 23.1 Å². The number of nitrogens with two attached hydrogens (primary N) is 1. The number of ether oxygens (including phenoxy) is 2. The summed E-state index contributed by atoms with van der Waals surface area (Å²) in [6.45, 7) is 1.78. The summed E-state index contributed by atoms with van der Waals surface area (Å²) in [6.07, 6.45) is 4.66. The molecule has 0 aliphatic heterocycles. The average Bonchev–Trinajstić information content (AvgIpc) is 3.05. The molecule has 0 spiro atoms. The van der Waals surface area contributed by atoms with Crippen molar-refractivity contribution in [3.8, 4) is 22.8 Å². The van der Waals surface area contributed by atoms with E-state index in [4.69, 9.17) is 15.2 Å². The molecule has 138 valence electrons. The van der Waals surface area contributed by atoms with Gasteiger partial charge in [0.15, 0.2) is 0 Å². The normalized spacial score (nSPS) is 11.0. The third-order valence-electron chi connectivity index (χ3n) is 4.83. The van der Waals surface area contributed by atoms with Gasteiger partial charge in [-0.2, -0.15) is 0 Å². The van der Waals surface area contributed by atoms with E-state index in [-0.39, 0.29) is 0 Å². The number of fused-ring (bicyclic) bond motifs is 1. The maximum atomic E-state index is 5.60. The first-order chi connectivity index (χ1) is 12.8. The van der Waals surface area contributed by atoms with Crippen LogP contribution in [-0.4, -0.2) is 25.3 Å². The van der Waals surface area contributed by atoms with Gasteiger partial charge in [0.25, 0.3) is 0 Å². The minimum absolute atomic E-state index is 0.781. The van der Waals surface area contributed by atoms with Crippen LogP contribution in [0.5, 0.6) is 11.5 Å². The molecule has 2 aromatic carbocycles. The summed E-state index contributed by atoms with van der Waals surface area (Å²) in [5.74, 6) is 1.76. The Balaban J connectivity index is 1.94. The molecule has 0 bridgehead atoms. The van der Waals surface area contributed by atoms with Crippen LogP contribution in [0.1, 0.15) is 25.7 Å². The van der Waals surface area contributed by atoms with Gasteiger partial charge in [-0.05, 0) is 73.5 Å². The van der Waals surface area contributed by atoms with Crippen molar-refractivity contribution in [1.82, 2.24) is 4.57 Å². The van der Waals surface area contributed by atoms with Crippen molar-refractivity contribution in [1.29, 1.82) is 0 Å². The van der Waals surface area contributed by atoms with Crippen molar-refractivity contribution in [3.05, 3.63) is 48.5 Å². The van der Waals surface area contributed by atoms with E-state index in [1.807, 2.05) is 18.2 Å². The predicted octanol–water partition coefficient (Wildman–Crippen LogP) is 4.84. The van der Waals surface area contributed by atoms with E-state index in [1.54, 1.807) is 14.2 Å². The minimum atomic E-state index is 0.781. The number of rotatable bonds is 9. The largest absolute Gasteiger partial charge is 0.497 e. The highest BCUT2D eigenvalue weighted by molar-refractivity contribution is 5.88. The van der Waals surface area contributed by atoms with Crippen LogP contribution in [0.3, 0.4) is 0 Å². The molecule has 4 nitrogen and oxygen atoms in total. The predicted molar refractivity (Wildman–Crippen MR) is 108 cm³/mol. The molecule has 3 aromatic rings. The molecule has 0 fully saturated rings. The molecule has 0 saturated heterocycles. The van der Waals surface area contributed by atoms with Crippen LogP contribution in [-0.2, 0) is 6.54 Å². The van der Waals surface area contributed by atoms with E-state index in [0.717, 1.165) is 37.4 Å². The molecule has 0 unspecified atom stereocenters. The minimum Gasteiger partial charge on any atom is -0.497 e. The van der Waals surface area contributed by atoms with Gasteiger partial charge in [-0.25, -0.2) is 0 Å². The summed E-state index contributed by atoms with van der Waals surface area (Å²) in [7, 11) is 3.40. The maximum Gasteiger partial charge on any atom is 0.119 e. The number of methoxy groups -OCH3 is 2. The van der Waals surface area contributed by atoms with Crippen LogP contribution in [0.15, 0.2) is 48.5 Å². The van der Waals surface area contributed by atoms with E-state index in [2.05, 4.69) is 34.9 Å². The van der Waals surface area contributed by atoms with E-state index in [1.165, 1.54) is 35.0 Å². The number of benzene rings is 2. The SMILES string of the molecule is COc1ccc(-c2cc3cc(OC)ccc3n2CCCCCCN)cc1. The van der Waals surface area contributed by atoms with Crippen LogP contribution < -0.4 is 15.2 Å². The van der Waals surface area contributed by atoms with Crippen LogP contribution in [0.25, 0.3) is 22.2 Å². The first-order valence-corrected chi connectivity index (χ1v) is 9.28. The van der Waals surface area contributed by atoms with Gasteiger partial charge in [0.2, 0.25) is 0 Å². The smallest absolute Gasteiger partial charge is 0.119 e. The molecule has 3 rings (SSSR count). The van der Waals surface area contributed by atoms with Crippen LogP contribution in [0.2, 0.25) is 0 Å². The fourth-order valence-electron chi connectivity index (χ4n) is 3.39. The lowest BCUT2D eigenvalue weighted by Gasteiger charge is -2.12. The molecular weight excluding hydrogens is 324 g/mol. The van der Waals surface area contributed by atoms with Crippen molar-refractivity contribution in [3.63, 3.8) is 0 Å². The Kier molecular flexibility index (Phi) is 6.18. The maximum absolute atomic E-state index is 5.60. The van der Waals surface area contributed by atoms with Crippen molar-refractivity contribution in [2.75, 3.05) is 20.8 Å². The Labute approximate surface area is 155 Å². The number of hydrogen-bond acceptors (Lipinski definition) is 3. The lowest BCUT2D eigenvalue weighted by molar-refractivity contribution is 0.415. The third-order valence-corrected chi connectivity index (χ3v) is 4.83. The highest BCUT2D eigenvalue weighted by Gasteiger charge is 2.11. The molecule has 1 heterocycles. The van der Waals surface area contributed by atoms with Gasteiger partial charge in [-0.3, -0.25) is 0 Å². The third kappa shape index (κ3) is 4.02. The first-order valence-electron chi connectivity index (χ1n) is 9.28. The highest BCUT2D eigenvalue weighted by Crippen LogP contribution is 2.32. The van der Waals surface area contributed by atoms with Gasteiger partial charge in [-0.1, -0.05) is 12.8 Å². The summed E-state index contributed by atoms with van der Waals surface area (Å²) in [6, 6.07) is 16.8. The lowest BCUT2D eigenvalue weighted by atomic mass is 10.1. The average molecular weight is 352 g/mol. The van der Waals surface area contributed by atoms with Crippen molar-refractivity contribution in [2.45, 2.75) is 32.2 Å². The Morgan fingerprint density at radius 1 is 0.808 bits per heavy atom.